The third-order valence-corrected chi connectivity index (χ3v) is 7.38. The van der Waals surface area contributed by atoms with E-state index in [1.165, 1.54) is 6.42 Å². The second-order valence-corrected chi connectivity index (χ2v) is 9.76. The summed E-state index contributed by atoms with van der Waals surface area (Å²) in [5.74, 6) is 1.53. The third kappa shape index (κ3) is 4.55. The lowest BCUT2D eigenvalue weighted by atomic mass is 9.75. The second-order valence-electron chi connectivity index (χ2n) is 7.71. The van der Waals surface area contributed by atoms with Crippen LogP contribution in [0.15, 0.2) is 54.9 Å². The van der Waals surface area contributed by atoms with Gasteiger partial charge in [0.25, 0.3) is 0 Å². The van der Waals surface area contributed by atoms with Gasteiger partial charge in [0, 0.05) is 6.20 Å². The smallest absolute Gasteiger partial charge is 0.310 e. The molecule has 1 aliphatic carbocycles. The van der Waals surface area contributed by atoms with Gasteiger partial charge in [0.1, 0.15) is 0 Å². The minimum Gasteiger partial charge on any atom is -0.310 e. The van der Waals surface area contributed by atoms with Crippen LogP contribution in [0.3, 0.4) is 0 Å². The Labute approximate surface area is 156 Å². The summed E-state index contributed by atoms with van der Waals surface area (Å²) in [5, 5.41) is 3.86. The highest BCUT2D eigenvalue weighted by Gasteiger charge is 2.38. The quantitative estimate of drug-likeness (QED) is 0.681. The van der Waals surface area contributed by atoms with Gasteiger partial charge >= 0.3 is 7.52 Å². The van der Waals surface area contributed by atoms with Crippen LogP contribution in [0, 0.1) is 17.8 Å². The molecule has 1 N–H and O–H groups in total. The molecule has 2 aromatic rings. The number of hydrogen-bond acceptors (Lipinski definition) is 3. The van der Waals surface area contributed by atoms with Gasteiger partial charge in [0.05, 0.1) is 23.3 Å². The van der Waals surface area contributed by atoms with E-state index in [4.69, 9.17) is 4.52 Å². The average Bonchev–Trinajstić information content (AvgIpc) is 2.63. The van der Waals surface area contributed by atoms with Crippen LogP contribution >= 0.6 is 7.52 Å². The van der Waals surface area contributed by atoms with Gasteiger partial charge in [-0.1, -0.05) is 45.4 Å². The molecule has 0 saturated heterocycles. The summed E-state index contributed by atoms with van der Waals surface area (Å²) in [6, 6.07) is 13.2. The molecule has 1 aliphatic rings. The highest BCUT2D eigenvalue weighted by molar-refractivity contribution is 7.68. The molecule has 0 spiro atoms. The number of nitrogens with zero attached hydrogens (tertiary/aromatic N) is 1. The lowest BCUT2D eigenvalue weighted by Gasteiger charge is -2.39. The van der Waals surface area contributed by atoms with Crippen molar-refractivity contribution in [2.45, 2.75) is 46.1 Å². The fourth-order valence-electron chi connectivity index (χ4n) is 3.80. The first-order valence-electron chi connectivity index (χ1n) is 9.50. The molecule has 140 valence electrons. The molecule has 3 rings (SSSR count). The Bertz CT molecular complexity index is 736. The van der Waals surface area contributed by atoms with Crippen LogP contribution < -0.4 is 10.4 Å². The molecule has 1 aromatic carbocycles. The third-order valence-electron chi connectivity index (χ3n) is 5.28. The SMILES string of the molecule is CC(C)[C@H]1CC[C@@H](C)C[C@@H]1O[P@](=O)(Nc1cccnc1)c1ccccc1. The second kappa shape index (κ2) is 8.37. The minimum absolute atomic E-state index is 0.00559. The number of aromatic nitrogens is 1. The van der Waals surface area contributed by atoms with Crippen molar-refractivity contribution in [1.82, 2.24) is 4.98 Å². The fraction of sp³-hybridized carbons (Fsp3) is 0.476. The van der Waals surface area contributed by atoms with E-state index in [9.17, 15) is 4.57 Å². The van der Waals surface area contributed by atoms with Gasteiger partial charge in [-0.2, -0.15) is 0 Å². The van der Waals surface area contributed by atoms with E-state index in [-0.39, 0.29) is 6.10 Å². The largest absolute Gasteiger partial charge is 0.324 e. The Morgan fingerprint density at radius 2 is 1.92 bits per heavy atom. The van der Waals surface area contributed by atoms with Crippen LogP contribution in [-0.2, 0) is 9.09 Å². The summed E-state index contributed by atoms with van der Waals surface area (Å²) in [4.78, 5) is 4.13. The van der Waals surface area contributed by atoms with E-state index >= 15 is 0 Å². The number of benzene rings is 1. The highest BCUT2D eigenvalue weighted by Crippen LogP contribution is 2.50. The van der Waals surface area contributed by atoms with E-state index in [1.807, 2.05) is 42.5 Å². The Morgan fingerprint density at radius 1 is 1.15 bits per heavy atom. The number of anilines is 1. The van der Waals surface area contributed by atoms with Gasteiger partial charge < -0.3 is 9.61 Å². The van der Waals surface area contributed by atoms with Crippen molar-refractivity contribution in [3.05, 3.63) is 54.9 Å². The van der Waals surface area contributed by atoms with E-state index in [0.29, 0.717) is 28.7 Å². The normalized spacial score (nSPS) is 25.6. The minimum atomic E-state index is -3.26. The van der Waals surface area contributed by atoms with Crippen LogP contribution in [0.4, 0.5) is 5.69 Å². The predicted octanol–water partition coefficient (Wildman–Crippen LogP) is 5.49. The molecule has 5 heteroatoms. The van der Waals surface area contributed by atoms with Crippen molar-refractivity contribution >= 4 is 18.5 Å². The van der Waals surface area contributed by atoms with Gasteiger partial charge in [-0.05, 0) is 54.9 Å². The summed E-state index contributed by atoms with van der Waals surface area (Å²) in [5.41, 5.74) is 0.713. The number of nitrogens with one attached hydrogen (secondary N) is 1. The summed E-state index contributed by atoms with van der Waals surface area (Å²) >= 11 is 0. The molecule has 0 aliphatic heterocycles. The first-order valence-corrected chi connectivity index (χ1v) is 11.1. The van der Waals surface area contributed by atoms with Gasteiger partial charge in [0.15, 0.2) is 0 Å². The Balaban J connectivity index is 1.91. The molecular formula is C21H29N2O2P. The van der Waals surface area contributed by atoms with Crippen molar-refractivity contribution in [3.63, 3.8) is 0 Å². The summed E-state index contributed by atoms with van der Waals surface area (Å²) in [7, 11) is -3.26. The number of hydrogen-bond donors (Lipinski definition) is 1. The van der Waals surface area contributed by atoms with Gasteiger partial charge in [-0.3, -0.25) is 9.55 Å². The first kappa shape index (κ1) is 19.1. The molecule has 1 fully saturated rings. The van der Waals surface area contributed by atoms with Crippen molar-refractivity contribution in [2.75, 3.05) is 5.09 Å². The standard InChI is InChI=1S/C21H29N2O2P/c1-16(2)20-12-11-17(3)14-21(20)25-26(24,19-9-5-4-6-10-19)23-18-8-7-13-22-15-18/h4-10,13,15-17,20-21H,11-12,14H2,1-3H3,(H,23,24)/t17-,20-,21+,26+/m1/s1. The molecule has 4 atom stereocenters. The first-order chi connectivity index (χ1) is 12.5. The number of pyridine rings is 1. The molecule has 0 unspecified atom stereocenters. The van der Waals surface area contributed by atoms with Crippen LogP contribution in [0.25, 0.3) is 0 Å². The molecule has 0 radical (unpaired) electrons. The molecule has 4 nitrogen and oxygen atoms in total. The zero-order valence-corrected chi connectivity index (χ0v) is 16.7. The zero-order chi connectivity index (χ0) is 18.6. The zero-order valence-electron chi connectivity index (χ0n) is 15.8. The fourth-order valence-corrected chi connectivity index (χ4v) is 5.77. The van der Waals surface area contributed by atoms with E-state index in [0.717, 1.165) is 12.8 Å². The summed E-state index contributed by atoms with van der Waals surface area (Å²) in [6.45, 7) is 6.73. The van der Waals surface area contributed by atoms with Crippen LogP contribution in [0.1, 0.15) is 40.0 Å². The van der Waals surface area contributed by atoms with Crippen molar-refractivity contribution in [1.29, 1.82) is 0 Å². The Hall–Kier alpha value is -1.64. The van der Waals surface area contributed by atoms with E-state index in [1.54, 1.807) is 12.4 Å². The van der Waals surface area contributed by atoms with Crippen molar-refractivity contribution in [3.8, 4) is 0 Å². The van der Waals surface area contributed by atoms with Gasteiger partial charge in [0.2, 0.25) is 0 Å². The van der Waals surface area contributed by atoms with E-state index < -0.39 is 7.52 Å². The molecular weight excluding hydrogens is 343 g/mol. The molecule has 1 aromatic heterocycles. The van der Waals surface area contributed by atoms with Gasteiger partial charge in [-0.15, -0.1) is 0 Å². The molecule has 1 saturated carbocycles. The maximum atomic E-state index is 14.0. The molecule has 0 amide bonds. The van der Waals surface area contributed by atoms with Crippen LogP contribution in [0.5, 0.6) is 0 Å². The molecule has 1 heterocycles. The topological polar surface area (TPSA) is 51.2 Å². The molecule has 0 bridgehead atoms. The summed E-state index contributed by atoms with van der Waals surface area (Å²) < 4.78 is 20.4. The lowest BCUT2D eigenvalue weighted by Crippen LogP contribution is -2.35. The van der Waals surface area contributed by atoms with E-state index in [2.05, 4.69) is 30.8 Å². The summed E-state index contributed by atoms with van der Waals surface area (Å²) in [6.07, 6.45) is 6.68. The van der Waals surface area contributed by atoms with Crippen LogP contribution in [0.2, 0.25) is 0 Å². The Morgan fingerprint density at radius 3 is 2.58 bits per heavy atom. The van der Waals surface area contributed by atoms with Crippen molar-refractivity contribution < 1.29 is 9.09 Å². The van der Waals surface area contributed by atoms with Crippen LogP contribution in [-0.4, -0.2) is 11.1 Å². The molecule has 26 heavy (non-hydrogen) atoms. The maximum Gasteiger partial charge on any atom is 0.324 e. The monoisotopic (exact) mass is 372 g/mol. The highest BCUT2D eigenvalue weighted by atomic mass is 31.2. The maximum absolute atomic E-state index is 14.0. The number of rotatable bonds is 6. The predicted molar refractivity (Wildman–Crippen MR) is 108 cm³/mol. The van der Waals surface area contributed by atoms with Crippen molar-refractivity contribution in [2.24, 2.45) is 17.8 Å². The Kier molecular flexibility index (Phi) is 6.16. The lowest BCUT2D eigenvalue weighted by molar-refractivity contribution is 0.0506. The van der Waals surface area contributed by atoms with Gasteiger partial charge in [-0.25, -0.2) is 0 Å². The average molecular weight is 372 g/mol.